The summed E-state index contributed by atoms with van der Waals surface area (Å²) in [6.07, 6.45) is 0. The number of benzene rings is 2. The van der Waals surface area contributed by atoms with Gasteiger partial charge in [0.25, 0.3) is 5.91 Å². The molecule has 0 spiro atoms. The summed E-state index contributed by atoms with van der Waals surface area (Å²) >= 11 is 0. The Morgan fingerprint density at radius 1 is 1.00 bits per heavy atom. The Balaban J connectivity index is 2.11. The van der Waals surface area contributed by atoms with Crippen molar-refractivity contribution in [3.63, 3.8) is 0 Å². The van der Waals surface area contributed by atoms with Gasteiger partial charge in [-0.25, -0.2) is 0 Å². The quantitative estimate of drug-likeness (QED) is 0.922. The van der Waals surface area contributed by atoms with E-state index in [1.165, 1.54) is 5.56 Å². The maximum absolute atomic E-state index is 12.3. The zero-order valence-electron chi connectivity index (χ0n) is 13.4. The zero-order valence-corrected chi connectivity index (χ0v) is 13.4. The monoisotopic (exact) mass is 299 g/mol. The van der Waals surface area contributed by atoms with Crippen LogP contribution in [0, 0.1) is 13.8 Å². The number of carbonyl (C=O) groups is 1. The summed E-state index contributed by atoms with van der Waals surface area (Å²) in [6.45, 7) is 4.40. The van der Waals surface area contributed by atoms with Gasteiger partial charge in [-0.15, -0.1) is 0 Å². The Morgan fingerprint density at radius 2 is 1.77 bits per heavy atom. The molecule has 4 nitrogen and oxygen atoms in total. The molecule has 116 valence electrons. The minimum atomic E-state index is -0.104. The number of nitrogens with one attached hydrogen (secondary N) is 1. The van der Waals surface area contributed by atoms with Gasteiger partial charge in [-0.05, 0) is 55.3 Å². The number of ether oxygens (including phenoxy) is 2. The highest BCUT2D eigenvalue weighted by atomic mass is 16.5. The highest BCUT2D eigenvalue weighted by Gasteiger charge is 2.09. The van der Waals surface area contributed by atoms with Crippen LogP contribution < -0.4 is 14.8 Å². The summed E-state index contributed by atoms with van der Waals surface area (Å²) in [5, 5.41) is 2.91. The van der Waals surface area contributed by atoms with Gasteiger partial charge in [-0.2, -0.15) is 0 Å². The molecule has 0 aliphatic heterocycles. The van der Waals surface area contributed by atoms with Crippen molar-refractivity contribution < 1.29 is 14.3 Å². The molecule has 2 rings (SSSR count). The smallest absolute Gasteiger partial charge is 0.251 e. The maximum atomic E-state index is 12.3. The molecule has 22 heavy (non-hydrogen) atoms. The Kier molecular flexibility index (Phi) is 5.04. The summed E-state index contributed by atoms with van der Waals surface area (Å²) in [7, 11) is 3.22. The van der Waals surface area contributed by atoms with Crippen LogP contribution in [0.15, 0.2) is 36.4 Å². The van der Waals surface area contributed by atoms with Gasteiger partial charge >= 0.3 is 0 Å². The number of rotatable bonds is 5. The van der Waals surface area contributed by atoms with Crippen molar-refractivity contribution in [1.82, 2.24) is 5.32 Å². The standard InChI is InChI=1S/C18H21NO3/c1-12-5-6-14(9-13(12)2)18(20)19-11-15-10-16(21-3)7-8-17(15)22-4/h5-10H,11H2,1-4H3,(H,19,20). The van der Waals surface area contributed by atoms with Crippen molar-refractivity contribution in [2.75, 3.05) is 14.2 Å². The maximum Gasteiger partial charge on any atom is 0.251 e. The van der Waals surface area contributed by atoms with E-state index in [0.29, 0.717) is 12.1 Å². The third-order valence-corrected chi connectivity index (χ3v) is 3.70. The fourth-order valence-electron chi connectivity index (χ4n) is 2.18. The summed E-state index contributed by atoms with van der Waals surface area (Å²) in [4.78, 5) is 12.3. The molecule has 0 radical (unpaired) electrons. The van der Waals surface area contributed by atoms with Crippen molar-refractivity contribution in [3.8, 4) is 11.5 Å². The molecular weight excluding hydrogens is 278 g/mol. The normalized spacial score (nSPS) is 10.2. The van der Waals surface area contributed by atoms with Crippen LogP contribution in [0.1, 0.15) is 27.0 Å². The van der Waals surface area contributed by atoms with Crippen LogP contribution in [0.3, 0.4) is 0 Å². The summed E-state index contributed by atoms with van der Waals surface area (Å²) < 4.78 is 10.5. The summed E-state index contributed by atoms with van der Waals surface area (Å²) in [5.74, 6) is 1.35. The van der Waals surface area contributed by atoms with Crippen LogP contribution in [-0.2, 0) is 6.54 Å². The summed E-state index contributed by atoms with van der Waals surface area (Å²) in [6, 6.07) is 11.2. The average molecular weight is 299 g/mol. The molecule has 0 saturated heterocycles. The lowest BCUT2D eigenvalue weighted by molar-refractivity contribution is 0.0950. The fraction of sp³-hybridized carbons (Fsp3) is 0.278. The number of amides is 1. The van der Waals surface area contributed by atoms with Crippen LogP contribution in [0.5, 0.6) is 11.5 Å². The fourth-order valence-corrected chi connectivity index (χ4v) is 2.18. The lowest BCUT2D eigenvalue weighted by Crippen LogP contribution is -2.23. The van der Waals surface area contributed by atoms with Crippen molar-refractivity contribution in [2.24, 2.45) is 0 Å². The van der Waals surface area contributed by atoms with E-state index < -0.39 is 0 Å². The van der Waals surface area contributed by atoms with E-state index in [1.54, 1.807) is 14.2 Å². The lowest BCUT2D eigenvalue weighted by atomic mass is 10.1. The molecule has 1 amide bonds. The van der Waals surface area contributed by atoms with E-state index in [2.05, 4.69) is 5.32 Å². The van der Waals surface area contributed by atoms with Gasteiger partial charge in [0, 0.05) is 17.7 Å². The van der Waals surface area contributed by atoms with E-state index in [0.717, 1.165) is 22.6 Å². The molecule has 2 aromatic rings. The van der Waals surface area contributed by atoms with E-state index in [9.17, 15) is 4.79 Å². The Hall–Kier alpha value is -2.49. The molecule has 0 atom stereocenters. The minimum absolute atomic E-state index is 0.104. The van der Waals surface area contributed by atoms with Gasteiger partial charge in [-0.3, -0.25) is 4.79 Å². The van der Waals surface area contributed by atoms with Crippen molar-refractivity contribution in [3.05, 3.63) is 58.7 Å². The number of aryl methyl sites for hydroxylation is 2. The first-order valence-electron chi connectivity index (χ1n) is 7.11. The lowest BCUT2D eigenvalue weighted by Gasteiger charge is -2.12. The molecule has 0 fully saturated rings. The zero-order chi connectivity index (χ0) is 16.1. The van der Waals surface area contributed by atoms with E-state index in [1.807, 2.05) is 50.2 Å². The molecule has 2 aromatic carbocycles. The average Bonchev–Trinajstić information content (AvgIpc) is 2.54. The second kappa shape index (κ2) is 6.98. The Bertz CT molecular complexity index is 680. The molecule has 1 N–H and O–H groups in total. The highest BCUT2D eigenvalue weighted by Crippen LogP contribution is 2.23. The number of hydrogen-bond acceptors (Lipinski definition) is 3. The number of hydrogen-bond donors (Lipinski definition) is 1. The van der Waals surface area contributed by atoms with Gasteiger partial charge in [0.05, 0.1) is 14.2 Å². The second-order valence-electron chi connectivity index (χ2n) is 5.16. The third-order valence-electron chi connectivity index (χ3n) is 3.70. The molecule has 0 aliphatic rings. The first-order chi connectivity index (χ1) is 10.5. The second-order valence-corrected chi connectivity index (χ2v) is 5.16. The molecular formula is C18H21NO3. The largest absolute Gasteiger partial charge is 0.497 e. The predicted molar refractivity (Wildman–Crippen MR) is 86.6 cm³/mol. The van der Waals surface area contributed by atoms with Crippen molar-refractivity contribution in [2.45, 2.75) is 20.4 Å². The van der Waals surface area contributed by atoms with Gasteiger partial charge in [-0.1, -0.05) is 6.07 Å². The van der Waals surface area contributed by atoms with Crippen LogP contribution in [0.4, 0.5) is 0 Å². The van der Waals surface area contributed by atoms with Crippen LogP contribution in [0.25, 0.3) is 0 Å². The number of methoxy groups -OCH3 is 2. The van der Waals surface area contributed by atoms with Crippen molar-refractivity contribution in [1.29, 1.82) is 0 Å². The highest BCUT2D eigenvalue weighted by molar-refractivity contribution is 5.94. The van der Waals surface area contributed by atoms with Gasteiger partial charge in [0.2, 0.25) is 0 Å². The van der Waals surface area contributed by atoms with E-state index in [-0.39, 0.29) is 5.91 Å². The van der Waals surface area contributed by atoms with Crippen LogP contribution >= 0.6 is 0 Å². The number of carbonyl (C=O) groups excluding carboxylic acids is 1. The topological polar surface area (TPSA) is 47.6 Å². The predicted octanol–water partition coefficient (Wildman–Crippen LogP) is 3.25. The Morgan fingerprint density at radius 3 is 2.41 bits per heavy atom. The summed E-state index contributed by atoms with van der Waals surface area (Å²) in [5.41, 5.74) is 3.81. The minimum Gasteiger partial charge on any atom is -0.497 e. The Labute approximate surface area is 131 Å². The van der Waals surface area contributed by atoms with Gasteiger partial charge in [0.15, 0.2) is 0 Å². The van der Waals surface area contributed by atoms with Gasteiger partial charge in [0.1, 0.15) is 11.5 Å². The molecule has 0 bridgehead atoms. The van der Waals surface area contributed by atoms with Crippen molar-refractivity contribution >= 4 is 5.91 Å². The van der Waals surface area contributed by atoms with E-state index in [4.69, 9.17) is 9.47 Å². The molecule has 0 aliphatic carbocycles. The molecule has 0 aromatic heterocycles. The first kappa shape index (κ1) is 15.9. The molecule has 4 heteroatoms. The van der Waals surface area contributed by atoms with Crippen LogP contribution in [-0.4, -0.2) is 20.1 Å². The van der Waals surface area contributed by atoms with E-state index >= 15 is 0 Å². The third kappa shape index (κ3) is 3.58. The van der Waals surface area contributed by atoms with Gasteiger partial charge < -0.3 is 14.8 Å². The first-order valence-corrected chi connectivity index (χ1v) is 7.11. The molecule has 0 heterocycles. The van der Waals surface area contributed by atoms with Crippen LogP contribution in [0.2, 0.25) is 0 Å². The molecule has 0 unspecified atom stereocenters. The SMILES string of the molecule is COc1ccc(OC)c(CNC(=O)c2ccc(C)c(C)c2)c1. The molecule has 0 saturated carbocycles.